The molecule has 0 heterocycles. The van der Waals surface area contributed by atoms with Gasteiger partial charge in [0.25, 0.3) is 0 Å². The molecule has 0 spiro atoms. The monoisotopic (exact) mass is 287 g/mol. The van der Waals surface area contributed by atoms with Crippen molar-refractivity contribution in [3.63, 3.8) is 0 Å². The molecule has 4 nitrogen and oxygen atoms in total. The Balaban J connectivity index is 2.41. The third kappa shape index (κ3) is 3.32. The van der Waals surface area contributed by atoms with E-state index in [9.17, 15) is 14.7 Å². The van der Waals surface area contributed by atoms with Gasteiger partial charge in [0.15, 0.2) is 0 Å². The minimum atomic E-state index is -0.862. The number of hydrogen-bond donors (Lipinski definition) is 2. The second-order valence-electron chi connectivity index (χ2n) is 6.37. The summed E-state index contributed by atoms with van der Waals surface area (Å²) in [5, 5.41) is 12.2. The Bertz CT molecular complexity index is 609. The lowest BCUT2D eigenvalue weighted by atomic mass is 9.94. The summed E-state index contributed by atoms with van der Waals surface area (Å²) in [6, 6.07) is 7.41. The predicted octanol–water partition coefficient (Wildman–Crippen LogP) is 3.69. The van der Waals surface area contributed by atoms with Gasteiger partial charge in [0.1, 0.15) is 0 Å². The lowest BCUT2D eigenvalue weighted by molar-refractivity contribution is -0.132. The van der Waals surface area contributed by atoms with Crippen LogP contribution in [0.4, 0.5) is 5.69 Å². The second kappa shape index (κ2) is 5.72. The number of amides is 1. The van der Waals surface area contributed by atoms with E-state index in [1.165, 1.54) is 0 Å². The molecule has 2 N–H and O–H groups in total. The van der Waals surface area contributed by atoms with E-state index in [4.69, 9.17) is 0 Å². The van der Waals surface area contributed by atoms with Crippen LogP contribution in [0, 0.1) is 5.41 Å². The molecule has 0 radical (unpaired) electrons. The molecule has 0 saturated carbocycles. The number of carboxylic acids is 1. The minimum absolute atomic E-state index is 0.0783. The van der Waals surface area contributed by atoms with Crippen molar-refractivity contribution in [3.05, 3.63) is 35.4 Å². The van der Waals surface area contributed by atoms with E-state index in [1.54, 1.807) is 0 Å². The zero-order valence-electron chi connectivity index (χ0n) is 12.7. The fourth-order valence-corrected chi connectivity index (χ4v) is 2.44. The van der Waals surface area contributed by atoms with E-state index in [-0.39, 0.29) is 5.91 Å². The highest BCUT2D eigenvalue weighted by Crippen LogP contribution is 2.37. The molecule has 0 fully saturated rings. The molecule has 0 saturated heterocycles. The van der Waals surface area contributed by atoms with Gasteiger partial charge in [-0.3, -0.25) is 4.79 Å². The van der Waals surface area contributed by atoms with Gasteiger partial charge in [-0.05, 0) is 30.9 Å². The highest BCUT2D eigenvalue weighted by Gasteiger charge is 2.25. The molecular formula is C17H21NO3. The van der Waals surface area contributed by atoms with E-state index in [2.05, 4.69) is 5.32 Å². The first-order valence-corrected chi connectivity index (χ1v) is 7.17. The lowest BCUT2D eigenvalue weighted by Crippen LogP contribution is -2.28. The van der Waals surface area contributed by atoms with E-state index in [0.29, 0.717) is 17.7 Å². The van der Waals surface area contributed by atoms with Gasteiger partial charge in [0.2, 0.25) is 5.91 Å². The molecule has 112 valence electrons. The summed E-state index contributed by atoms with van der Waals surface area (Å²) in [6.07, 6.45) is 2.18. The van der Waals surface area contributed by atoms with Crippen LogP contribution in [0.15, 0.2) is 29.8 Å². The summed E-state index contributed by atoms with van der Waals surface area (Å²) in [7, 11) is 0. The third-order valence-corrected chi connectivity index (χ3v) is 3.66. The quantitative estimate of drug-likeness (QED) is 0.891. The van der Waals surface area contributed by atoms with Crippen molar-refractivity contribution in [3.8, 4) is 0 Å². The largest absolute Gasteiger partial charge is 0.478 e. The predicted molar refractivity (Wildman–Crippen MR) is 82.9 cm³/mol. The first kappa shape index (κ1) is 15.3. The normalized spacial score (nSPS) is 15.2. The maximum Gasteiger partial charge on any atom is 0.331 e. The molecule has 4 heteroatoms. The Morgan fingerprint density at radius 2 is 1.81 bits per heavy atom. The molecule has 1 aliphatic carbocycles. The first-order chi connectivity index (χ1) is 9.80. The van der Waals surface area contributed by atoms with Crippen LogP contribution in [0.3, 0.4) is 0 Å². The fourth-order valence-electron chi connectivity index (χ4n) is 2.44. The van der Waals surface area contributed by atoms with Crippen molar-refractivity contribution in [2.45, 2.75) is 40.0 Å². The zero-order valence-corrected chi connectivity index (χ0v) is 12.7. The SMILES string of the molecule is CC(C)(C)C(=O)Nc1ccccc1C1=C(C(=O)O)CCC1. The summed E-state index contributed by atoms with van der Waals surface area (Å²) < 4.78 is 0. The number of hydrogen-bond acceptors (Lipinski definition) is 2. The number of rotatable bonds is 3. The van der Waals surface area contributed by atoms with Gasteiger partial charge >= 0.3 is 5.97 Å². The van der Waals surface area contributed by atoms with Gasteiger partial charge in [-0.15, -0.1) is 0 Å². The smallest absolute Gasteiger partial charge is 0.331 e. The number of carboxylic acid groups (broad SMARTS) is 1. The van der Waals surface area contributed by atoms with Crippen LogP contribution < -0.4 is 5.32 Å². The number of allylic oxidation sites excluding steroid dienone is 1. The van der Waals surface area contributed by atoms with Gasteiger partial charge in [0.05, 0.1) is 0 Å². The van der Waals surface area contributed by atoms with Crippen LogP contribution in [0.1, 0.15) is 45.6 Å². The fraction of sp³-hybridized carbons (Fsp3) is 0.412. The van der Waals surface area contributed by atoms with E-state index >= 15 is 0 Å². The standard InChI is InChI=1S/C17H21NO3/c1-17(2,3)16(21)18-14-10-5-4-7-12(14)11-8-6-9-13(11)15(19)20/h4-5,7,10H,6,8-9H2,1-3H3,(H,18,21)(H,19,20). The van der Waals surface area contributed by atoms with E-state index in [0.717, 1.165) is 24.0 Å². The molecule has 21 heavy (non-hydrogen) atoms. The highest BCUT2D eigenvalue weighted by atomic mass is 16.4. The summed E-state index contributed by atoms with van der Waals surface area (Å²) in [5.74, 6) is -0.940. The molecule has 0 aromatic heterocycles. The Hall–Kier alpha value is -2.10. The van der Waals surface area contributed by atoms with Crippen LogP contribution in [0.5, 0.6) is 0 Å². The Morgan fingerprint density at radius 3 is 2.43 bits per heavy atom. The van der Waals surface area contributed by atoms with Gasteiger partial charge in [-0.25, -0.2) is 4.79 Å². The molecule has 1 aliphatic rings. The third-order valence-electron chi connectivity index (χ3n) is 3.66. The number of benzene rings is 1. The second-order valence-corrected chi connectivity index (χ2v) is 6.37. The molecule has 2 rings (SSSR count). The van der Waals surface area contributed by atoms with Crippen LogP contribution in [-0.4, -0.2) is 17.0 Å². The number of carbonyl (C=O) groups excluding carboxylic acids is 1. The minimum Gasteiger partial charge on any atom is -0.478 e. The maximum atomic E-state index is 12.2. The highest BCUT2D eigenvalue weighted by molar-refractivity contribution is 6.02. The molecule has 0 bridgehead atoms. The van der Waals surface area contributed by atoms with Crippen molar-refractivity contribution >= 4 is 23.1 Å². The van der Waals surface area contributed by atoms with Crippen LogP contribution in [-0.2, 0) is 9.59 Å². The summed E-state index contributed by atoms with van der Waals surface area (Å²) in [5.41, 5.74) is 2.32. The lowest BCUT2D eigenvalue weighted by Gasteiger charge is -2.20. The Labute approximate surface area is 124 Å². The van der Waals surface area contributed by atoms with E-state index < -0.39 is 11.4 Å². The van der Waals surface area contributed by atoms with Crippen molar-refractivity contribution < 1.29 is 14.7 Å². The molecule has 0 aliphatic heterocycles. The summed E-state index contributed by atoms with van der Waals surface area (Å²) >= 11 is 0. The average Bonchev–Trinajstić information content (AvgIpc) is 2.87. The number of anilines is 1. The summed E-state index contributed by atoms with van der Waals surface area (Å²) in [6.45, 7) is 5.55. The van der Waals surface area contributed by atoms with Crippen LogP contribution in [0.25, 0.3) is 5.57 Å². The van der Waals surface area contributed by atoms with E-state index in [1.807, 2.05) is 45.0 Å². The average molecular weight is 287 g/mol. The Kier molecular flexibility index (Phi) is 4.16. The van der Waals surface area contributed by atoms with Gasteiger partial charge in [0, 0.05) is 22.2 Å². The zero-order chi connectivity index (χ0) is 15.6. The molecular weight excluding hydrogens is 266 g/mol. The van der Waals surface area contributed by atoms with Crippen molar-refractivity contribution in [1.82, 2.24) is 0 Å². The van der Waals surface area contributed by atoms with Gasteiger partial charge < -0.3 is 10.4 Å². The van der Waals surface area contributed by atoms with Gasteiger partial charge in [-0.1, -0.05) is 39.0 Å². The summed E-state index contributed by atoms with van der Waals surface area (Å²) in [4.78, 5) is 23.5. The molecule has 1 aromatic rings. The molecule has 0 unspecified atom stereocenters. The number of nitrogens with one attached hydrogen (secondary N) is 1. The van der Waals surface area contributed by atoms with Gasteiger partial charge in [-0.2, -0.15) is 0 Å². The first-order valence-electron chi connectivity index (χ1n) is 7.17. The Morgan fingerprint density at radius 1 is 1.14 bits per heavy atom. The number of aliphatic carboxylic acids is 1. The molecule has 1 amide bonds. The maximum absolute atomic E-state index is 12.2. The van der Waals surface area contributed by atoms with Crippen molar-refractivity contribution in [2.75, 3.05) is 5.32 Å². The number of carbonyl (C=O) groups is 2. The number of para-hydroxylation sites is 1. The van der Waals surface area contributed by atoms with Crippen molar-refractivity contribution in [1.29, 1.82) is 0 Å². The topological polar surface area (TPSA) is 66.4 Å². The molecule has 0 atom stereocenters. The molecule has 1 aromatic carbocycles. The van der Waals surface area contributed by atoms with Crippen LogP contribution >= 0.6 is 0 Å². The van der Waals surface area contributed by atoms with Crippen LogP contribution in [0.2, 0.25) is 0 Å². The van der Waals surface area contributed by atoms with Crippen molar-refractivity contribution in [2.24, 2.45) is 5.41 Å².